The summed E-state index contributed by atoms with van der Waals surface area (Å²) in [7, 11) is 5.41. The van der Waals surface area contributed by atoms with Crippen LogP contribution in [0.25, 0.3) is 0 Å². The fraction of sp³-hybridized carbons (Fsp3) is 0.619. The molecule has 0 spiro atoms. The number of likely N-dealkylation sites (tertiary alicyclic amines) is 1. The van der Waals surface area contributed by atoms with Crippen LogP contribution in [0.15, 0.2) is 23.2 Å². The number of methoxy groups -OCH3 is 1. The number of benzene rings is 1. The number of aliphatic imine (C=N–C) groups is 1. The number of ether oxygens (including phenoxy) is 1. The van der Waals surface area contributed by atoms with Crippen molar-refractivity contribution in [1.29, 1.82) is 0 Å². The van der Waals surface area contributed by atoms with E-state index in [9.17, 15) is 4.79 Å². The average Bonchev–Trinajstić information content (AvgIpc) is 2.75. The largest absolute Gasteiger partial charge is 0.469 e. The van der Waals surface area contributed by atoms with Gasteiger partial charge in [0, 0.05) is 69.1 Å². The van der Waals surface area contributed by atoms with Crippen molar-refractivity contribution in [2.45, 2.75) is 19.4 Å². The number of carbonyl (C=O) groups excluding carboxylic acids is 1. The lowest BCUT2D eigenvalue weighted by atomic mass is 9.97. The first-order valence-electron chi connectivity index (χ1n) is 10.3. The molecule has 160 valence electrons. The van der Waals surface area contributed by atoms with Crippen LogP contribution in [0.4, 0.5) is 5.69 Å². The summed E-state index contributed by atoms with van der Waals surface area (Å²) in [5.74, 6) is 0.722. The van der Waals surface area contributed by atoms with Gasteiger partial charge in [0.15, 0.2) is 5.96 Å². The number of esters is 1. The molecule has 2 fully saturated rings. The zero-order valence-electron chi connectivity index (χ0n) is 17.7. The summed E-state index contributed by atoms with van der Waals surface area (Å²) in [6.07, 6.45) is 1.57. The summed E-state index contributed by atoms with van der Waals surface area (Å²) >= 11 is 6.58. The molecule has 1 aromatic carbocycles. The second-order valence-corrected chi connectivity index (χ2v) is 8.12. The van der Waals surface area contributed by atoms with Gasteiger partial charge in [-0.15, -0.1) is 0 Å². The van der Waals surface area contributed by atoms with Crippen molar-refractivity contribution in [3.05, 3.63) is 28.8 Å². The van der Waals surface area contributed by atoms with E-state index in [2.05, 4.69) is 38.1 Å². The molecule has 0 radical (unpaired) electrons. The number of carbonyl (C=O) groups is 1. The molecule has 0 atom stereocenters. The molecule has 7 nitrogen and oxygen atoms in total. The van der Waals surface area contributed by atoms with Gasteiger partial charge in [-0.1, -0.05) is 17.7 Å². The van der Waals surface area contributed by atoms with Gasteiger partial charge in [0.05, 0.1) is 13.0 Å². The summed E-state index contributed by atoms with van der Waals surface area (Å²) in [6.45, 7) is 6.29. The van der Waals surface area contributed by atoms with Crippen molar-refractivity contribution in [2.24, 2.45) is 10.9 Å². The molecular weight excluding hydrogens is 390 g/mol. The smallest absolute Gasteiger partial charge is 0.308 e. The third-order valence-electron chi connectivity index (χ3n) is 5.90. The van der Waals surface area contributed by atoms with E-state index in [0.717, 1.165) is 68.7 Å². The van der Waals surface area contributed by atoms with Crippen molar-refractivity contribution in [1.82, 2.24) is 15.1 Å². The number of hydrogen-bond donors (Lipinski definition) is 1. The highest BCUT2D eigenvalue weighted by molar-refractivity contribution is 6.31. The van der Waals surface area contributed by atoms with E-state index in [0.29, 0.717) is 6.54 Å². The van der Waals surface area contributed by atoms with Crippen LogP contribution in [0.5, 0.6) is 0 Å². The minimum absolute atomic E-state index is 0.0123. The molecule has 2 aliphatic rings. The summed E-state index contributed by atoms with van der Waals surface area (Å²) in [6, 6.07) is 6.12. The lowest BCUT2D eigenvalue weighted by Gasteiger charge is -2.36. The Kier molecular flexibility index (Phi) is 7.61. The standard InChI is InChI=1S/C21H32ClN5O2/c1-23-21(27-9-7-16(8-10-27)20(28)29-3)24-15-17-18(22)5-4-6-19(17)26-13-11-25(2)12-14-26/h4-6,16H,7-15H2,1-3H3,(H,23,24). The zero-order valence-corrected chi connectivity index (χ0v) is 18.4. The van der Waals surface area contributed by atoms with Gasteiger partial charge in [0.1, 0.15) is 0 Å². The number of nitrogens with one attached hydrogen (secondary N) is 1. The highest BCUT2D eigenvalue weighted by Gasteiger charge is 2.27. The molecule has 0 bridgehead atoms. The van der Waals surface area contributed by atoms with Gasteiger partial charge in [-0.05, 0) is 32.0 Å². The summed E-state index contributed by atoms with van der Waals surface area (Å²) < 4.78 is 4.88. The summed E-state index contributed by atoms with van der Waals surface area (Å²) in [5.41, 5.74) is 2.29. The number of rotatable bonds is 4. The molecule has 1 aromatic rings. The summed E-state index contributed by atoms with van der Waals surface area (Å²) in [4.78, 5) is 23.2. The van der Waals surface area contributed by atoms with Gasteiger partial charge in [0.25, 0.3) is 0 Å². The number of halogens is 1. The third kappa shape index (κ3) is 5.34. The van der Waals surface area contributed by atoms with Crippen LogP contribution in [0.1, 0.15) is 18.4 Å². The molecule has 2 saturated heterocycles. The monoisotopic (exact) mass is 421 g/mol. The van der Waals surface area contributed by atoms with E-state index in [-0.39, 0.29) is 11.9 Å². The van der Waals surface area contributed by atoms with Crippen LogP contribution in [-0.2, 0) is 16.1 Å². The molecule has 3 rings (SSSR count). The third-order valence-corrected chi connectivity index (χ3v) is 6.26. The lowest BCUT2D eigenvalue weighted by Crippen LogP contribution is -2.47. The molecule has 1 N–H and O–H groups in total. The molecule has 2 aliphatic heterocycles. The number of hydrogen-bond acceptors (Lipinski definition) is 5. The van der Waals surface area contributed by atoms with Crippen molar-refractivity contribution in [3.63, 3.8) is 0 Å². The fourth-order valence-corrected chi connectivity index (χ4v) is 4.30. The number of likely N-dealkylation sites (N-methyl/N-ethyl adjacent to an activating group) is 1. The van der Waals surface area contributed by atoms with E-state index >= 15 is 0 Å². The SMILES string of the molecule is CN=C(NCc1c(Cl)cccc1N1CCN(C)CC1)N1CCC(C(=O)OC)CC1. The minimum Gasteiger partial charge on any atom is -0.469 e. The maximum atomic E-state index is 11.8. The molecule has 2 heterocycles. The molecule has 0 aliphatic carbocycles. The fourth-order valence-electron chi connectivity index (χ4n) is 4.06. The second-order valence-electron chi connectivity index (χ2n) is 7.71. The molecule has 0 saturated carbocycles. The first kappa shape index (κ1) is 21.7. The van der Waals surface area contributed by atoms with Gasteiger partial charge in [-0.2, -0.15) is 0 Å². The van der Waals surface area contributed by atoms with E-state index in [1.807, 2.05) is 12.1 Å². The average molecular weight is 422 g/mol. The number of guanidine groups is 1. The van der Waals surface area contributed by atoms with E-state index < -0.39 is 0 Å². The number of piperidine rings is 1. The zero-order chi connectivity index (χ0) is 20.8. The van der Waals surface area contributed by atoms with Crippen LogP contribution in [-0.4, -0.2) is 82.2 Å². The van der Waals surface area contributed by atoms with Crippen LogP contribution in [0, 0.1) is 5.92 Å². The normalized spacial score (nSPS) is 19.4. The van der Waals surface area contributed by atoms with E-state index in [1.165, 1.54) is 12.8 Å². The van der Waals surface area contributed by atoms with Gasteiger partial charge in [-0.25, -0.2) is 0 Å². The Morgan fingerprint density at radius 1 is 1.21 bits per heavy atom. The maximum Gasteiger partial charge on any atom is 0.308 e. The Hall–Kier alpha value is -1.99. The number of anilines is 1. The van der Waals surface area contributed by atoms with Crippen LogP contribution < -0.4 is 10.2 Å². The van der Waals surface area contributed by atoms with Crippen LogP contribution in [0.3, 0.4) is 0 Å². The Balaban J connectivity index is 1.64. The predicted octanol–water partition coefficient (Wildman–Crippen LogP) is 2.05. The molecule has 0 aromatic heterocycles. The molecule has 0 amide bonds. The van der Waals surface area contributed by atoms with Crippen molar-refractivity contribution < 1.29 is 9.53 Å². The van der Waals surface area contributed by atoms with Crippen molar-refractivity contribution in [3.8, 4) is 0 Å². The first-order chi connectivity index (χ1) is 14.0. The summed E-state index contributed by atoms with van der Waals surface area (Å²) in [5, 5.41) is 4.25. The van der Waals surface area contributed by atoms with Crippen LogP contribution >= 0.6 is 11.6 Å². The van der Waals surface area contributed by atoms with Crippen molar-refractivity contribution in [2.75, 3.05) is 65.4 Å². The van der Waals surface area contributed by atoms with Crippen LogP contribution in [0.2, 0.25) is 5.02 Å². The van der Waals surface area contributed by atoms with Gasteiger partial charge >= 0.3 is 5.97 Å². The molecule has 8 heteroatoms. The second kappa shape index (κ2) is 10.2. The lowest BCUT2D eigenvalue weighted by molar-refractivity contribution is -0.146. The van der Waals surface area contributed by atoms with Gasteiger partial charge < -0.3 is 24.8 Å². The minimum atomic E-state index is -0.111. The van der Waals surface area contributed by atoms with Gasteiger partial charge in [-0.3, -0.25) is 9.79 Å². The van der Waals surface area contributed by atoms with Crippen molar-refractivity contribution >= 4 is 29.2 Å². The topological polar surface area (TPSA) is 60.4 Å². The Morgan fingerprint density at radius 2 is 1.90 bits per heavy atom. The Labute approximate surface area is 178 Å². The predicted molar refractivity (Wildman–Crippen MR) is 118 cm³/mol. The Morgan fingerprint density at radius 3 is 2.52 bits per heavy atom. The highest BCUT2D eigenvalue weighted by Crippen LogP contribution is 2.28. The molecule has 29 heavy (non-hydrogen) atoms. The van der Waals surface area contributed by atoms with E-state index in [4.69, 9.17) is 16.3 Å². The Bertz CT molecular complexity index is 726. The first-order valence-corrected chi connectivity index (χ1v) is 10.7. The number of piperazine rings is 1. The quantitative estimate of drug-likeness (QED) is 0.456. The highest BCUT2D eigenvalue weighted by atomic mass is 35.5. The molecule has 0 unspecified atom stereocenters. The molecular formula is C21H32ClN5O2. The van der Waals surface area contributed by atoms with E-state index in [1.54, 1.807) is 7.05 Å². The number of nitrogens with zero attached hydrogens (tertiary/aromatic N) is 4. The maximum absolute atomic E-state index is 11.8. The van der Waals surface area contributed by atoms with Gasteiger partial charge in [0.2, 0.25) is 0 Å².